The molecule has 1 aliphatic rings. The summed E-state index contributed by atoms with van der Waals surface area (Å²) in [6.07, 6.45) is 3.70. The molecule has 1 aromatic rings. The van der Waals surface area contributed by atoms with Gasteiger partial charge in [0.15, 0.2) is 0 Å². The lowest BCUT2D eigenvalue weighted by molar-refractivity contribution is -0.133. The van der Waals surface area contributed by atoms with Gasteiger partial charge >= 0.3 is 0 Å². The molecule has 25 heavy (non-hydrogen) atoms. The zero-order chi connectivity index (χ0) is 18.4. The molecule has 0 radical (unpaired) electrons. The number of carbonyl (C=O) groups excluding carboxylic acids is 1. The Labute approximate surface area is 149 Å². The highest BCUT2D eigenvalue weighted by Crippen LogP contribution is 2.16. The molecule has 1 fully saturated rings. The van der Waals surface area contributed by atoms with Crippen LogP contribution in [-0.4, -0.2) is 56.0 Å². The Balaban J connectivity index is 1.92. The molecule has 0 saturated carbocycles. The lowest BCUT2D eigenvalue weighted by Crippen LogP contribution is -2.41. The number of halogens is 1. The third kappa shape index (κ3) is 6.08. The maximum Gasteiger partial charge on any atom is 0.223 e. The van der Waals surface area contributed by atoms with Crippen LogP contribution in [0.25, 0.3) is 0 Å². The third-order valence-corrected chi connectivity index (χ3v) is 5.95. The lowest BCUT2D eigenvalue weighted by atomic mass is 10.00. The van der Waals surface area contributed by atoms with E-state index in [2.05, 4.69) is 6.92 Å². The molecule has 2 rings (SSSR count). The highest BCUT2D eigenvalue weighted by Gasteiger charge is 2.23. The van der Waals surface area contributed by atoms with Gasteiger partial charge in [0.25, 0.3) is 0 Å². The summed E-state index contributed by atoms with van der Waals surface area (Å²) in [5.41, 5.74) is 0.479. The highest BCUT2D eigenvalue weighted by molar-refractivity contribution is 7.88. The van der Waals surface area contributed by atoms with Crippen LogP contribution >= 0.6 is 0 Å². The molecular weight excluding hydrogens is 343 g/mol. The van der Waals surface area contributed by atoms with Crippen molar-refractivity contribution < 1.29 is 17.6 Å². The number of amides is 1. The smallest absolute Gasteiger partial charge is 0.223 e. The number of hydrogen-bond acceptors (Lipinski definition) is 3. The fourth-order valence-electron chi connectivity index (χ4n) is 3.18. The van der Waals surface area contributed by atoms with Gasteiger partial charge in [0.05, 0.1) is 6.26 Å². The van der Waals surface area contributed by atoms with E-state index in [0.29, 0.717) is 11.5 Å². The average molecular weight is 370 g/mol. The van der Waals surface area contributed by atoms with Crippen LogP contribution in [0.1, 0.15) is 31.7 Å². The molecule has 7 heteroatoms. The van der Waals surface area contributed by atoms with Crippen molar-refractivity contribution in [2.45, 2.75) is 32.6 Å². The summed E-state index contributed by atoms with van der Waals surface area (Å²) in [6, 6.07) is 6.34. The van der Waals surface area contributed by atoms with Gasteiger partial charge in [-0.1, -0.05) is 25.1 Å². The van der Waals surface area contributed by atoms with E-state index in [1.165, 1.54) is 10.4 Å². The summed E-state index contributed by atoms with van der Waals surface area (Å²) >= 11 is 0. The zero-order valence-electron chi connectivity index (χ0n) is 14.9. The molecule has 1 unspecified atom stereocenters. The van der Waals surface area contributed by atoms with Gasteiger partial charge in [-0.3, -0.25) is 4.79 Å². The van der Waals surface area contributed by atoms with Crippen molar-refractivity contribution >= 4 is 15.9 Å². The van der Waals surface area contributed by atoms with E-state index >= 15 is 0 Å². The summed E-state index contributed by atoms with van der Waals surface area (Å²) in [4.78, 5) is 14.2. The monoisotopic (exact) mass is 370 g/mol. The number of likely N-dealkylation sites (tertiary alicyclic amines) is 1. The number of sulfonamides is 1. The Morgan fingerprint density at radius 3 is 2.68 bits per heavy atom. The molecule has 0 aliphatic carbocycles. The van der Waals surface area contributed by atoms with Crippen molar-refractivity contribution in [1.82, 2.24) is 9.21 Å². The largest absolute Gasteiger partial charge is 0.342 e. The second kappa shape index (κ2) is 8.76. The topological polar surface area (TPSA) is 57.7 Å². The average Bonchev–Trinajstić information content (AvgIpc) is 2.55. The van der Waals surface area contributed by atoms with Crippen LogP contribution in [0.5, 0.6) is 0 Å². The minimum absolute atomic E-state index is 0.00825. The summed E-state index contributed by atoms with van der Waals surface area (Å²) in [5.74, 6) is 0.144. The second-order valence-electron chi connectivity index (χ2n) is 6.84. The first-order valence-corrected chi connectivity index (χ1v) is 10.6. The molecule has 1 saturated heterocycles. The van der Waals surface area contributed by atoms with Crippen LogP contribution in [0, 0.1) is 11.7 Å². The van der Waals surface area contributed by atoms with Gasteiger partial charge in [0.1, 0.15) is 5.82 Å². The van der Waals surface area contributed by atoms with Gasteiger partial charge in [-0.25, -0.2) is 17.1 Å². The molecule has 1 heterocycles. The number of nitrogens with zero attached hydrogens (tertiary/aromatic N) is 2. The van der Waals surface area contributed by atoms with Gasteiger partial charge in [-0.15, -0.1) is 0 Å². The molecule has 0 spiro atoms. The second-order valence-corrected chi connectivity index (χ2v) is 8.82. The maximum atomic E-state index is 13.7. The standard InChI is InChI=1S/C18H27FN2O3S/c1-15-6-5-11-20(14-15)18(22)10-13-21(25(2,23)24)12-9-16-7-3-4-8-17(16)19/h3-4,7-8,15H,5-6,9-14H2,1-2H3. The fourth-order valence-corrected chi connectivity index (χ4v) is 4.03. The third-order valence-electron chi connectivity index (χ3n) is 4.64. The van der Waals surface area contributed by atoms with Crippen molar-refractivity contribution in [3.8, 4) is 0 Å². The normalized spacial score (nSPS) is 18.6. The van der Waals surface area contributed by atoms with Crippen LogP contribution in [0.3, 0.4) is 0 Å². The molecule has 5 nitrogen and oxygen atoms in total. The van der Waals surface area contributed by atoms with Crippen molar-refractivity contribution in [2.75, 3.05) is 32.4 Å². The molecule has 1 amide bonds. The molecule has 0 bridgehead atoms. The zero-order valence-corrected chi connectivity index (χ0v) is 15.8. The van der Waals surface area contributed by atoms with Crippen LogP contribution < -0.4 is 0 Å². The molecular formula is C18H27FN2O3S. The van der Waals surface area contributed by atoms with E-state index in [0.717, 1.165) is 32.2 Å². The maximum absolute atomic E-state index is 13.7. The van der Waals surface area contributed by atoms with Crippen LogP contribution in [0.15, 0.2) is 24.3 Å². The first kappa shape index (κ1) is 19.8. The van der Waals surface area contributed by atoms with Crippen LogP contribution in [-0.2, 0) is 21.2 Å². The highest BCUT2D eigenvalue weighted by atomic mass is 32.2. The predicted molar refractivity (Wildman–Crippen MR) is 96.1 cm³/mol. The Kier molecular flexibility index (Phi) is 6.95. The van der Waals surface area contributed by atoms with Crippen molar-refractivity contribution in [1.29, 1.82) is 0 Å². The first-order chi connectivity index (χ1) is 11.8. The summed E-state index contributed by atoms with van der Waals surface area (Å²) in [5, 5.41) is 0. The van der Waals surface area contributed by atoms with Gasteiger partial charge in [-0.2, -0.15) is 0 Å². The van der Waals surface area contributed by atoms with E-state index in [4.69, 9.17) is 0 Å². The number of benzene rings is 1. The van der Waals surface area contributed by atoms with E-state index in [9.17, 15) is 17.6 Å². The van der Waals surface area contributed by atoms with Crippen LogP contribution in [0.2, 0.25) is 0 Å². The Morgan fingerprint density at radius 2 is 2.04 bits per heavy atom. The van der Waals surface area contributed by atoms with E-state index in [-0.39, 0.29) is 37.7 Å². The number of piperidine rings is 1. The molecule has 0 N–H and O–H groups in total. The Hall–Kier alpha value is -1.47. The van der Waals surface area contributed by atoms with Crippen molar-refractivity contribution in [2.24, 2.45) is 5.92 Å². The van der Waals surface area contributed by atoms with Crippen molar-refractivity contribution in [3.63, 3.8) is 0 Å². The number of rotatable bonds is 7. The van der Waals surface area contributed by atoms with Gasteiger partial charge in [0, 0.05) is 32.6 Å². The predicted octanol–water partition coefficient (Wildman–Crippen LogP) is 2.28. The SMILES string of the molecule is CC1CCCN(C(=O)CCN(CCc2ccccc2F)S(C)(=O)=O)C1. The minimum Gasteiger partial charge on any atom is -0.342 e. The quantitative estimate of drug-likeness (QED) is 0.740. The molecule has 140 valence electrons. The summed E-state index contributed by atoms with van der Waals surface area (Å²) in [7, 11) is -3.44. The first-order valence-electron chi connectivity index (χ1n) is 8.73. The summed E-state index contributed by atoms with van der Waals surface area (Å²) < 4.78 is 38.9. The van der Waals surface area contributed by atoms with E-state index in [1.54, 1.807) is 18.2 Å². The number of carbonyl (C=O) groups is 1. The minimum atomic E-state index is -3.44. The van der Waals surface area contributed by atoms with Gasteiger partial charge in [0.2, 0.25) is 15.9 Å². The van der Waals surface area contributed by atoms with Crippen LogP contribution in [0.4, 0.5) is 4.39 Å². The molecule has 0 aromatic heterocycles. The van der Waals surface area contributed by atoms with E-state index < -0.39 is 10.0 Å². The number of hydrogen-bond donors (Lipinski definition) is 0. The molecule has 1 aliphatic heterocycles. The van der Waals surface area contributed by atoms with E-state index in [1.807, 2.05) is 4.90 Å². The lowest BCUT2D eigenvalue weighted by Gasteiger charge is -2.31. The summed E-state index contributed by atoms with van der Waals surface area (Å²) in [6.45, 7) is 3.92. The molecule has 1 atom stereocenters. The van der Waals surface area contributed by atoms with Gasteiger partial charge < -0.3 is 4.90 Å². The molecule has 1 aromatic carbocycles. The fraction of sp³-hybridized carbons (Fsp3) is 0.611. The Morgan fingerprint density at radius 1 is 1.32 bits per heavy atom. The Bertz CT molecular complexity index is 693. The van der Waals surface area contributed by atoms with Gasteiger partial charge in [-0.05, 0) is 36.8 Å². The van der Waals surface area contributed by atoms with Crippen molar-refractivity contribution in [3.05, 3.63) is 35.6 Å².